The third-order valence-corrected chi connectivity index (χ3v) is 5.05. The first-order chi connectivity index (χ1) is 13.2. The van der Waals surface area contributed by atoms with E-state index >= 15 is 0 Å². The minimum atomic E-state index is -0.384. The summed E-state index contributed by atoms with van der Waals surface area (Å²) in [5.41, 5.74) is 1.15. The van der Waals surface area contributed by atoms with Crippen LogP contribution in [0, 0.1) is 0 Å². The minimum Gasteiger partial charge on any atom is -0.371 e. The van der Waals surface area contributed by atoms with Crippen LogP contribution in [0.4, 0.5) is 5.13 Å². The average molecular weight is 383 g/mol. The predicted octanol–water partition coefficient (Wildman–Crippen LogP) is 2.25. The molecule has 0 spiro atoms. The quantitative estimate of drug-likeness (QED) is 0.725. The van der Waals surface area contributed by atoms with E-state index in [0.717, 1.165) is 34.7 Å². The number of rotatable bonds is 5. The summed E-state index contributed by atoms with van der Waals surface area (Å²) in [7, 11) is 0. The highest BCUT2D eigenvalue weighted by Crippen LogP contribution is 2.31. The molecular formula is C18H17N5O3S. The number of carbonyl (C=O) groups excluding carboxylic acids is 1. The molecule has 1 atom stereocenters. The van der Waals surface area contributed by atoms with Crippen LogP contribution in [-0.2, 0) is 16.1 Å². The molecule has 27 heavy (non-hydrogen) atoms. The molecule has 0 bridgehead atoms. The van der Waals surface area contributed by atoms with Gasteiger partial charge in [-0.1, -0.05) is 41.7 Å². The number of anilines is 1. The maximum atomic E-state index is 12.3. The molecule has 0 radical (unpaired) electrons. The van der Waals surface area contributed by atoms with Crippen LogP contribution >= 0.6 is 11.3 Å². The van der Waals surface area contributed by atoms with Gasteiger partial charge in [-0.25, -0.2) is 4.68 Å². The number of carbonyl (C=O) groups is 1. The first-order valence-corrected chi connectivity index (χ1v) is 9.39. The Morgan fingerprint density at radius 3 is 2.85 bits per heavy atom. The van der Waals surface area contributed by atoms with Crippen LogP contribution in [-0.4, -0.2) is 32.5 Å². The number of aromatic nitrogens is 4. The predicted molar refractivity (Wildman–Crippen MR) is 100 cm³/mol. The molecule has 2 aromatic heterocycles. The van der Waals surface area contributed by atoms with Crippen molar-refractivity contribution in [3.8, 4) is 11.3 Å². The molecular weight excluding hydrogens is 366 g/mol. The highest BCUT2D eigenvalue weighted by atomic mass is 32.1. The van der Waals surface area contributed by atoms with Crippen molar-refractivity contribution >= 4 is 22.4 Å². The first kappa shape index (κ1) is 17.5. The summed E-state index contributed by atoms with van der Waals surface area (Å²) in [5.74, 6) is -0.384. The maximum absolute atomic E-state index is 12.3. The van der Waals surface area contributed by atoms with Gasteiger partial charge in [-0.3, -0.25) is 14.9 Å². The summed E-state index contributed by atoms with van der Waals surface area (Å²) in [5, 5.41) is 16.1. The second-order valence-electron chi connectivity index (χ2n) is 6.08. The Kier molecular flexibility index (Phi) is 5.03. The first-order valence-electron chi connectivity index (χ1n) is 8.57. The van der Waals surface area contributed by atoms with Crippen LogP contribution < -0.4 is 10.9 Å². The Bertz CT molecular complexity index is 995. The van der Waals surface area contributed by atoms with Gasteiger partial charge in [0, 0.05) is 18.2 Å². The van der Waals surface area contributed by atoms with Gasteiger partial charge in [0.2, 0.25) is 11.0 Å². The normalized spacial score (nSPS) is 16.4. The smallest absolute Gasteiger partial charge is 0.267 e. The molecule has 1 unspecified atom stereocenters. The van der Waals surface area contributed by atoms with Gasteiger partial charge in [0.15, 0.2) is 0 Å². The van der Waals surface area contributed by atoms with Crippen LogP contribution in [0.15, 0.2) is 47.3 Å². The summed E-state index contributed by atoms with van der Waals surface area (Å²) in [4.78, 5) is 24.4. The number of hydrogen-bond acceptors (Lipinski definition) is 7. The molecule has 1 aliphatic heterocycles. The van der Waals surface area contributed by atoms with Gasteiger partial charge in [0.1, 0.15) is 17.7 Å². The summed E-state index contributed by atoms with van der Waals surface area (Å²) in [6, 6.07) is 12.5. The van der Waals surface area contributed by atoms with Crippen LogP contribution in [0.3, 0.4) is 0 Å². The molecule has 0 aliphatic carbocycles. The van der Waals surface area contributed by atoms with Crippen LogP contribution in [0.1, 0.15) is 24.0 Å². The van der Waals surface area contributed by atoms with Crippen molar-refractivity contribution in [3.05, 3.63) is 57.8 Å². The fourth-order valence-electron chi connectivity index (χ4n) is 2.81. The summed E-state index contributed by atoms with van der Waals surface area (Å²) >= 11 is 1.29. The second kappa shape index (κ2) is 7.77. The maximum Gasteiger partial charge on any atom is 0.267 e. The number of ether oxygens (including phenoxy) is 1. The third-order valence-electron chi connectivity index (χ3n) is 4.12. The zero-order valence-corrected chi connectivity index (χ0v) is 15.2. The Labute approximate surface area is 158 Å². The van der Waals surface area contributed by atoms with Crippen molar-refractivity contribution in [3.63, 3.8) is 0 Å². The van der Waals surface area contributed by atoms with Gasteiger partial charge < -0.3 is 4.74 Å². The molecule has 4 rings (SSSR count). The fraction of sp³-hybridized carbons (Fsp3) is 0.278. The Morgan fingerprint density at radius 1 is 1.22 bits per heavy atom. The zero-order chi connectivity index (χ0) is 18.6. The molecule has 1 aromatic carbocycles. The Morgan fingerprint density at radius 2 is 2.07 bits per heavy atom. The lowest BCUT2D eigenvalue weighted by Gasteiger charge is -2.07. The molecule has 1 fully saturated rings. The van der Waals surface area contributed by atoms with Crippen molar-refractivity contribution in [1.82, 2.24) is 20.0 Å². The number of nitrogens with one attached hydrogen (secondary N) is 1. The van der Waals surface area contributed by atoms with E-state index < -0.39 is 0 Å². The number of amides is 1. The minimum absolute atomic E-state index is 0.0417. The molecule has 1 saturated heterocycles. The fourth-order valence-corrected chi connectivity index (χ4v) is 3.65. The zero-order valence-electron chi connectivity index (χ0n) is 14.4. The molecule has 8 nitrogen and oxygen atoms in total. The van der Waals surface area contributed by atoms with Gasteiger partial charge in [0.05, 0.1) is 5.69 Å². The van der Waals surface area contributed by atoms with E-state index in [1.807, 2.05) is 30.3 Å². The number of hydrogen-bond donors (Lipinski definition) is 1. The second-order valence-corrected chi connectivity index (χ2v) is 7.08. The Balaban J connectivity index is 1.46. The lowest BCUT2D eigenvalue weighted by molar-refractivity contribution is -0.117. The van der Waals surface area contributed by atoms with E-state index in [2.05, 4.69) is 20.6 Å². The number of nitrogens with zero attached hydrogens (tertiary/aromatic N) is 4. The van der Waals surface area contributed by atoms with E-state index in [4.69, 9.17) is 4.74 Å². The molecule has 1 aliphatic rings. The lowest BCUT2D eigenvalue weighted by Crippen LogP contribution is -2.29. The highest BCUT2D eigenvalue weighted by Gasteiger charge is 2.22. The van der Waals surface area contributed by atoms with Crippen molar-refractivity contribution < 1.29 is 9.53 Å². The van der Waals surface area contributed by atoms with Crippen molar-refractivity contribution in [2.24, 2.45) is 0 Å². The molecule has 9 heteroatoms. The summed E-state index contributed by atoms with van der Waals surface area (Å²) < 4.78 is 6.70. The third kappa shape index (κ3) is 4.09. The van der Waals surface area contributed by atoms with Gasteiger partial charge in [-0.05, 0) is 18.9 Å². The topological polar surface area (TPSA) is 99.0 Å². The van der Waals surface area contributed by atoms with E-state index in [1.165, 1.54) is 17.4 Å². The Hall–Kier alpha value is -2.91. The molecule has 1 N–H and O–H groups in total. The summed E-state index contributed by atoms with van der Waals surface area (Å²) in [6.07, 6.45) is 1.87. The lowest BCUT2D eigenvalue weighted by atomic mass is 10.1. The molecule has 0 saturated carbocycles. The molecule has 1 amide bonds. The van der Waals surface area contributed by atoms with Gasteiger partial charge in [-0.15, -0.1) is 10.2 Å². The standard InChI is InChI=1S/C18H17N5O3S/c24-15(19-18-21-20-17(27-18)14-7-4-10-26-14)11-23-16(25)9-8-13(22-23)12-5-2-1-3-6-12/h1-3,5-6,8-9,14H,4,7,10-11H2,(H,19,21,24). The van der Waals surface area contributed by atoms with Crippen molar-refractivity contribution in [2.75, 3.05) is 11.9 Å². The monoisotopic (exact) mass is 383 g/mol. The van der Waals surface area contributed by atoms with E-state index in [9.17, 15) is 9.59 Å². The molecule has 138 valence electrons. The average Bonchev–Trinajstić information content (AvgIpc) is 3.36. The van der Waals surface area contributed by atoms with E-state index in [-0.39, 0.29) is 24.1 Å². The van der Waals surface area contributed by atoms with Crippen molar-refractivity contribution in [1.29, 1.82) is 0 Å². The molecule has 3 heterocycles. The SMILES string of the molecule is O=C(Cn1nc(-c2ccccc2)ccc1=O)Nc1nnc(C2CCCO2)s1. The van der Waals surface area contributed by atoms with E-state index in [1.54, 1.807) is 6.07 Å². The van der Waals surface area contributed by atoms with Crippen LogP contribution in [0.25, 0.3) is 11.3 Å². The van der Waals surface area contributed by atoms with Crippen LogP contribution in [0.5, 0.6) is 0 Å². The van der Waals surface area contributed by atoms with Gasteiger partial charge in [0.25, 0.3) is 5.56 Å². The van der Waals surface area contributed by atoms with Crippen LogP contribution in [0.2, 0.25) is 0 Å². The summed E-state index contributed by atoms with van der Waals surface area (Å²) in [6.45, 7) is 0.520. The van der Waals surface area contributed by atoms with E-state index in [0.29, 0.717) is 10.8 Å². The molecule has 3 aromatic rings. The van der Waals surface area contributed by atoms with Gasteiger partial charge >= 0.3 is 0 Å². The highest BCUT2D eigenvalue weighted by molar-refractivity contribution is 7.15. The largest absolute Gasteiger partial charge is 0.371 e. The number of benzene rings is 1. The van der Waals surface area contributed by atoms with Crippen molar-refractivity contribution in [2.45, 2.75) is 25.5 Å². The van der Waals surface area contributed by atoms with Gasteiger partial charge in [-0.2, -0.15) is 5.10 Å².